The minimum atomic E-state index is -0.939. The third-order valence-corrected chi connectivity index (χ3v) is 5.00. The second-order valence-corrected chi connectivity index (χ2v) is 6.19. The Bertz CT molecular complexity index is 378. The van der Waals surface area contributed by atoms with Gasteiger partial charge in [-0.25, -0.2) is 0 Å². The molecule has 0 saturated heterocycles. The first-order valence-corrected chi connectivity index (χ1v) is 6.90. The predicted molar refractivity (Wildman–Crippen MR) is 66.0 cm³/mol. The molecule has 0 aliphatic heterocycles. The van der Waals surface area contributed by atoms with Crippen LogP contribution in [0.25, 0.3) is 0 Å². The number of hydrogen-bond donors (Lipinski definition) is 1. The van der Waals surface area contributed by atoms with E-state index in [0.717, 1.165) is 15.9 Å². The summed E-state index contributed by atoms with van der Waals surface area (Å²) >= 11 is 3.45. The number of nitrogens with two attached hydrogens (primary N) is 1. The van der Waals surface area contributed by atoms with E-state index in [2.05, 4.69) is 21.0 Å². The minimum Gasteiger partial charge on any atom is -0.329 e. The van der Waals surface area contributed by atoms with Crippen LogP contribution in [0.3, 0.4) is 0 Å². The van der Waals surface area contributed by atoms with Crippen molar-refractivity contribution in [2.75, 3.05) is 6.54 Å². The fraction of sp³-hybridized carbons (Fsp3) is 0.667. The molecule has 6 heteroatoms. The summed E-state index contributed by atoms with van der Waals surface area (Å²) in [6.45, 7) is 4.26. The third-order valence-electron chi connectivity index (χ3n) is 2.32. The van der Waals surface area contributed by atoms with Gasteiger partial charge in [0.15, 0.2) is 0 Å². The summed E-state index contributed by atoms with van der Waals surface area (Å²) in [5.41, 5.74) is 7.37. The topological polar surface area (TPSA) is 60.9 Å². The Hall–Kier alpha value is -0.200. The smallest absolute Gasteiger partial charge is 0.0738 e. The van der Waals surface area contributed by atoms with Gasteiger partial charge in [-0.15, -0.1) is 0 Å². The van der Waals surface area contributed by atoms with Crippen molar-refractivity contribution >= 4 is 26.7 Å². The highest BCUT2D eigenvalue weighted by Gasteiger charge is 2.16. The van der Waals surface area contributed by atoms with Crippen molar-refractivity contribution in [3.8, 4) is 0 Å². The lowest BCUT2D eigenvalue weighted by Gasteiger charge is -2.08. The van der Waals surface area contributed by atoms with Crippen molar-refractivity contribution in [1.82, 2.24) is 9.78 Å². The van der Waals surface area contributed by atoms with Crippen LogP contribution in [0, 0.1) is 6.92 Å². The largest absolute Gasteiger partial charge is 0.329 e. The van der Waals surface area contributed by atoms with Gasteiger partial charge in [0.1, 0.15) is 0 Å². The normalized spacial score (nSPS) is 15.3. The Labute approximate surface area is 101 Å². The highest BCUT2D eigenvalue weighted by Crippen LogP contribution is 2.22. The summed E-state index contributed by atoms with van der Waals surface area (Å²) in [6, 6.07) is 0. The van der Waals surface area contributed by atoms with Crippen LogP contribution in [0.2, 0.25) is 0 Å². The molecule has 0 bridgehead atoms. The van der Waals surface area contributed by atoms with Crippen LogP contribution in [0.15, 0.2) is 4.47 Å². The van der Waals surface area contributed by atoms with E-state index in [1.165, 1.54) is 0 Å². The van der Waals surface area contributed by atoms with Crippen LogP contribution in [0.4, 0.5) is 0 Å². The highest BCUT2D eigenvalue weighted by molar-refractivity contribution is 9.10. The van der Waals surface area contributed by atoms with Crippen molar-refractivity contribution in [1.29, 1.82) is 0 Å². The van der Waals surface area contributed by atoms with Crippen molar-refractivity contribution in [2.45, 2.75) is 24.9 Å². The summed E-state index contributed by atoms with van der Waals surface area (Å²) in [4.78, 5) is 0. The summed E-state index contributed by atoms with van der Waals surface area (Å²) in [7, 11) is 0.920. The second-order valence-electron chi connectivity index (χ2n) is 3.54. The van der Waals surface area contributed by atoms with Gasteiger partial charge in [0.2, 0.25) is 0 Å². The molecule has 0 saturated carbocycles. The molecule has 86 valence electrons. The van der Waals surface area contributed by atoms with E-state index in [0.29, 0.717) is 12.3 Å². The number of halogens is 1. The molecular formula is C9H16BrN3OS. The van der Waals surface area contributed by atoms with Crippen LogP contribution < -0.4 is 5.73 Å². The monoisotopic (exact) mass is 293 g/mol. The molecule has 0 aromatic carbocycles. The van der Waals surface area contributed by atoms with E-state index in [1.54, 1.807) is 4.68 Å². The van der Waals surface area contributed by atoms with Crippen LogP contribution in [-0.2, 0) is 23.6 Å². The molecular weight excluding hydrogens is 278 g/mol. The van der Waals surface area contributed by atoms with E-state index in [1.807, 2.05) is 20.9 Å². The fourth-order valence-electron chi connectivity index (χ4n) is 1.22. The summed E-state index contributed by atoms with van der Waals surface area (Å²) < 4.78 is 14.5. The third kappa shape index (κ3) is 2.89. The lowest BCUT2D eigenvalue weighted by Crippen LogP contribution is -2.23. The molecule has 2 N–H and O–H groups in total. The van der Waals surface area contributed by atoms with Crippen molar-refractivity contribution in [3.05, 3.63) is 15.9 Å². The van der Waals surface area contributed by atoms with E-state index in [4.69, 9.17) is 5.73 Å². The zero-order valence-electron chi connectivity index (χ0n) is 9.16. The van der Waals surface area contributed by atoms with Crippen LogP contribution in [0.1, 0.15) is 18.3 Å². The summed E-state index contributed by atoms with van der Waals surface area (Å²) in [5, 5.41) is 4.27. The Kier molecular flexibility index (Phi) is 4.48. The molecule has 0 amide bonds. The first-order valence-electron chi connectivity index (χ1n) is 4.72. The molecule has 15 heavy (non-hydrogen) atoms. The van der Waals surface area contributed by atoms with Gasteiger partial charge in [-0.1, -0.05) is 0 Å². The van der Waals surface area contributed by atoms with Gasteiger partial charge in [0.25, 0.3) is 0 Å². The molecule has 1 rings (SSSR count). The number of aromatic nitrogens is 2. The van der Waals surface area contributed by atoms with Crippen LogP contribution in [0.5, 0.6) is 0 Å². The van der Waals surface area contributed by atoms with Crippen molar-refractivity contribution in [2.24, 2.45) is 12.8 Å². The molecule has 2 atom stereocenters. The maximum absolute atomic E-state index is 11.8. The molecule has 4 nitrogen and oxygen atoms in total. The van der Waals surface area contributed by atoms with E-state index < -0.39 is 10.8 Å². The molecule has 1 heterocycles. The van der Waals surface area contributed by atoms with Crippen LogP contribution >= 0.6 is 15.9 Å². The molecule has 0 radical (unpaired) electrons. The van der Waals surface area contributed by atoms with Gasteiger partial charge >= 0.3 is 0 Å². The number of hydrogen-bond acceptors (Lipinski definition) is 3. The maximum atomic E-state index is 11.8. The summed E-state index contributed by atoms with van der Waals surface area (Å²) in [6.07, 6.45) is 0. The zero-order valence-corrected chi connectivity index (χ0v) is 11.6. The lowest BCUT2D eigenvalue weighted by atomic mass is 10.4. The average Bonchev–Trinajstić information content (AvgIpc) is 2.43. The highest BCUT2D eigenvalue weighted by atomic mass is 79.9. The number of rotatable bonds is 4. The molecule has 1 aromatic heterocycles. The molecule has 2 unspecified atom stereocenters. The van der Waals surface area contributed by atoms with Crippen molar-refractivity contribution in [3.63, 3.8) is 0 Å². The van der Waals surface area contributed by atoms with E-state index in [9.17, 15) is 4.21 Å². The van der Waals surface area contributed by atoms with E-state index >= 15 is 0 Å². The van der Waals surface area contributed by atoms with Gasteiger partial charge in [0.05, 0.1) is 21.6 Å². The SMILES string of the molecule is Cc1nn(C)c(CS(=O)C(C)CN)c1Br. The minimum absolute atomic E-state index is 0.0205. The summed E-state index contributed by atoms with van der Waals surface area (Å²) in [5.74, 6) is 0.496. The van der Waals surface area contributed by atoms with Gasteiger partial charge < -0.3 is 5.73 Å². The molecule has 0 aliphatic carbocycles. The number of aryl methyl sites for hydroxylation is 2. The first kappa shape index (κ1) is 12.9. The maximum Gasteiger partial charge on any atom is 0.0738 e. The predicted octanol–water partition coefficient (Wildman–Crippen LogP) is 1.09. The number of nitrogens with zero attached hydrogens (tertiary/aromatic N) is 2. The fourth-order valence-corrected chi connectivity index (χ4v) is 2.98. The van der Waals surface area contributed by atoms with E-state index in [-0.39, 0.29) is 5.25 Å². The quantitative estimate of drug-likeness (QED) is 0.904. The Morgan fingerprint density at radius 2 is 2.27 bits per heavy atom. The Morgan fingerprint density at radius 1 is 1.67 bits per heavy atom. The molecule has 0 aliphatic rings. The zero-order chi connectivity index (χ0) is 11.6. The Balaban J connectivity index is 2.85. The van der Waals surface area contributed by atoms with Gasteiger partial charge in [-0.3, -0.25) is 8.89 Å². The van der Waals surface area contributed by atoms with Gasteiger partial charge in [0, 0.05) is 29.6 Å². The first-order chi connectivity index (χ1) is 6.97. The van der Waals surface area contributed by atoms with Crippen molar-refractivity contribution < 1.29 is 4.21 Å². The molecule has 0 fully saturated rings. The van der Waals surface area contributed by atoms with Crippen LogP contribution in [-0.4, -0.2) is 25.8 Å². The standard InChI is InChI=1S/C9H16BrN3OS/c1-6(4-11)15(14)5-8-9(10)7(2)12-13(8)3/h6H,4-5,11H2,1-3H3. The van der Waals surface area contributed by atoms with Gasteiger partial charge in [-0.05, 0) is 29.8 Å². The lowest BCUT2D eigenvalue weighted by molar-refractivity contribution is 0.666. The second kappa shape index (κ2) is 5.23. The average molecular weight is 294 g/mol. The Morgan fingerprint density at radius 3 is 2.67 bits per heavy atom. The van der Waals surface area contributed by atoms with Gasteiger partial charge in [-0.2, -0.15) is 5.10 Å². The molecule has 0 spiro atoms. The molecule has 1 aromatic rings.